The number of hydrogen-bond acceptors (Lipinski definition) is 7. The van der Waals surface area contributed by atoms with Gasteiger partial charge in [0.05, 0.1) is 9.92 Å². The summed E-state index contributed by atoms with van der Waals surface area (Å²) in [7, 11) is 0. The maximum absolute atomic E-state index is 6.69. The summed E-state index contributed by atoms with van der Waals surface area (Å²) >= 11 is 13.9. The van der Waals surface area contributed by atoms with Crippen molar-refractivity contribution in [2.45, 2.75) is 54.4 Å². The predicted octanol–water partition coefficient (Wildman–Crippen LogP) is 4.65. The van der Waals surface area contributed by atoms with Gasteiger partial charge in [-0.1, -0.05) is 41.4 Å². The zero-order valence-electron chi connectivity index (χ0n) is 17.3. The second-order valence-corrected chi connectivity index (χ2v) is 10.7. The molecule has 164 valence electrons. The quantitative estimate of drug-likeness (QED) is 0.529. The lowest BCUT2D eigenvalue weighted by Gasteiger charge is -2.47. The summed E-state index contributed by atoms with van der Waals surface area (Å²) in [4.78, 5) is 17.3. The van der Waals surface area contributed by atoms with Gasteiger partial charge in [0.15, 0.2) is 10.8 Å². The van der Waals surface area contributed by atoms with Crippen molar-refractivity contribution in [2.24, 2.45) is 11.1 Å². The maximum Gasteiger partial charge on any atom is 0.211 e. The normalized spacial score (nSPS) is 23.2. The molecule has 4 heterocycles. The van der Waals surface area contributed by atoms with E-state index >= 15 is 0 Å². The second kappa shape index (κ2) is 7.69. The number of halogens is 2. The molecule has 7 nitrogen and oxygen atoms in total. The van der Waals surface area contributed by atoms with Crippen LogP contribution in [0.1, 0.15) is 39.0 Å². The molecule has 1 spiro atoms. The Hall–Kier alpha value is -1.74. The van der Waals surface area contributed by atoms with Crippen LogP contribution in [-0.4, -0.2) is 38.0 Å². The Labute approximate surface area is 195 Å². The van der Waals surface area contributed by atoms with E-state index in [1.54, 1.807) is 12.3 Å². The van der Waals surface area contributed by atoms with Crippen molar-refractivity contribution in [3.05, 3.63) is 34.8 Å². The molecule has 1 saturated carbocycles. The summed E-state index contributed by atoms with van der Waals surface area (Å²) in [5.74, 6) is 1.23. The van der Waals surface area contributed by atoms with E-state index in [1.807, 2.05) is 16.8 Å². The lowest BCUT2D eigenvalue weighted by molar-refractivity contribution is 0.130. The molecule has 0 bridgehead atoms. The first-order valence-corrected chi connectivity index (χ1v) is 12.0. The minimum Gasteiger partial charge on any atom is -0.384 e. The van der Waals surface area contributed by atoms with E-state index in [0.717, 1.165) is 53.7 Å². The number of imidazole rings is 1. The summed E-state index contributed by atoms with van der Waals surface area (Å²) in [5, 5.41) is 0.562. The van der Waals surface area contributed by atoms with E-state index in [4.69, 9.17) is 39.7 Å². The average Bonchev–Trinajstić information content (AvgIpc) is 3.32. The van der Waals surface area contributed by atoms with E-state index in [2.05, 4.69) is 21.8 Å². The second-order valence-electron chi connectivity index (χ2n) is 8.83. The van der Waals surface area contributed by atoms with Crippen molar-refractivity contribution < 1.29 is 0 Å². The van der Waals surface area contributed by atoms with Crippen molar-refractivity contribution in [1.82, 2.24) is 19.4 Å². The summed E-state index contributed by atoms with van der Waals surface area (Å²) in [6, 6.07) is 1.71. The molecule has 4 N–H and O–H groups in total. The minimum atomic E-state index is -0.0652. The number of fused-ring (bicyclic) bond motifs is 1. The van der Waals surface area contributed by atoms with Crippen molar-refractivity contribution in [3.63, 3.8) is 0 Å². The number of hydrogen-bond donors (Lipinski definition) is 2. The molecule has 1 saturated heterocycles. The number of nitrogens with two attached hydrogens (primary N) is 2. The summed E-state index contributed by atoms with van der Waals surface area (Å²) in [6.45, 7) is 4.13. The van der Waals surface area contributed by atoms with Gasteiger partial charge < -0.3 is 16.4 Å². The lowest BCUT2D eigenvalue weighted by Crippen LogP contribution is -2.54. The van der Waals surface area contributed by atoms with Gasteiger partial charge in [0.1, 0.15) is 5.82 Å². The number of aromatic nitrogens is 4. The van der Waals surface area contributed by atoms with Gasteiger partial charge in [-0.3, -0.25) is 4.40 Å². The standard InChI is InChI=1S/C21H25Cl2N7S/c1-20(25)3-2-4-21(20)5-8-29(9-6-21)19-27-12-14(18-26-7-10-30(18)19)31-13-11-15(24)28-17(23)16(13)22/h7,10-12H,2-6,8-9,25H2,1H3,(H2,24,28). The molecule has 3 aromatic heterocycles. The van der Waals surface area contributed by atoms with Gasteiger partial charge in [0.2, 0.25) is 5.95 Å². The molecular weight excluding hydrogens is 453 g/mol. The summed E-state index contributed by atoms with van der Waals surface area (Å²) < 4.78 is 2.04. The van der Waals surface area contributed by atoms with Crippen LogP contribution in [0.5, 0.6) is 0 Å². The van der Waals surface area contributed by atoms with Crippen LogP contribution >= 0.6 is 35.0 Å². The highest BCUT2D eigenvalue weighted by atomic mass is 35.5. The Morgan fingerprint density at radius 3 is 2.58 bits per heavy atom. The van der Waals surface area contributed by atoms with E-state index < -0.39 is 0 Å². The molecule has 0 amide bonds. The lowest BCUT2D eigenvalue weighted by atomic mass is 9.67. The van der Waals surface area contributed by atoms with Gasteiger partial charge >= 0.3 is 0 Å². The first kappa shape index (κ1) is 21.1. The fourth-order valence-electron chi connectivity index (χ4n) is 5.18. The van der Waals surface area contributed by atoms with Gasteiger partial charge in [-0.25, -0.2) is 15.0 Å². The highest BCUT2D eigenvalue weighted by molar-refractivity contribution is 7.99. The molecule has 0 aromatic carbocycles. The third-order valence-corrected chi connectivity index (χ3v) is 8.98. The third kappa shape index (κ3) is 3.53. The van der Waals surface area contributed by atoms with E-state index in [-0.39, 0.29) is 16.1 Å². The Morgan fingerprint density at radius 1 is 1.10 bits per heavy atom. The van der Waals surface area contributed by atoms with Gasteiger partial charge in [0, 0.05) is 42.1 Å². The van der Waals surface area contributed by atoms with Crippen LogP contribution in [0.25, 0.3) is 5.65 Å². The van der Waals surface area contributed by atoms with Crippen LogP contribution < -0.4 is 16.4 Å². The monoisotopic (exact) mass is 477 g/mol. The largest absolute Gasteiger partial charge is 0.384 e. The molecule has 10 heteroatoms. The number of nitrogens with zero attached hydrogens (tertiary/aromatic N) is 5. The first-order valence-electron chi connectivity index (χ1n) is 10.4. The van der Waals surface area contributed by atoms with Crippen LogP contribution in [0.15, 0.2) is 34.4 Å². The first-order chi connectivity index (χ1) is 14.8. The van der Waals surface area contributed by atoms with Crippen molar-refractivity contribution in [1.29, 1.82) is 0 Å². The Morgan fingerprint density at radius 2 is 1.87 bits per heavy atom. The third-order valence-electron chi connectivity index (χ3n) is 7.06. The topological polar surface area (TPSA) is 98.4 Å². The zero-order valence-corrected chi connectivity index (χ0v) is 19.6. The van der Waals surface area contributed by atoms with Crippen LogP contribution in [0, 0.1) is 5.41 Å². The van der Waals surface area contributed by atoms with E-state index in [1.165, 1.54) is 24.6 Å². The van der Waals surface area contributed by atoms with Crippen LogP contribution in [0.2, 0.25) is 10.2 Å². The molecular formula is C21H25Cl2N7S. The Bertz CT molecular complexity index is 1140. The molecule has 5 rings (SSSR count). The minimum absolute atomic E-state index is 0.0652. The zero-order chi connectivity index (χ0) is 21.8. The van der Waals surface area contributed by atoms with E-state index in [0.29, 0.717) is 10.8 Å². The van der Waals surface area contributed by atoms with Crippen LogP contribution in [-0.2, 0) is 0 Å². The SMILES string of the molecule is CC1(N)CCCC12CCN(c1ncc(Sc3cc(N)nc(Cl)c3Cl)c3nccn13)CC2. The van der Waals surface area contributed by atoms with Crippen LogP contribution in [0.3, 0.4) is 0 Å². The Balaban J connectivity index is 1.43. The molecule has 2 fully saturated rings. The molecule has 2 aliphatic rings. The number of nitrogen functional groups attached to an aromatic ring is 1. The molecule has 1 aliphatic heterocycles. The van der Waals surface area contributed by atoms with Crippen molar-refractivity contribution in [3.8, 4) is 0 Å². The Kier molecular flexibility index (Phi) is 5.24. The van der Waals surface area contributed by atoms with Crippen molar-refractivity contribution >= 4 is 52.4 Å². The molecule has 1 aliphatic carbocycles. The molecule has 1 atom stereocenters. The molecule has 0 radical (unpaired) electrons. The molecule has 3 aromatic rings. The molecule has 1 unspecified atom stereocenters. The highest BCUT2D eigenvalue weighted by Crippen LogP contribution is 2.52. The van der Waals surface area contributed by atoms with Gasteiger partial charge in [0.25, 0.3) is 0 Å². The van der Waals surface area contributed by atoms with Gasteiger partial charge in [-0.05, 0) is 44.1 Å². The number of pyridine rings is 1. The van der Waals surface area contributed by atoms with Crippen molar-refractivity contribution in [2.75, 3.05) is 23.7 Å². The smallest absolute Gasteiger partial charge is 0.211 e. The van der Waals surface area contributed by atoms with E-state index in [9.17, 15) is 0 Å². The van der Waals surface area contributed by atoms with Gasteiger partial charge in [-0.2, -0.15) is 0 Å². The average molecular weight is 478 g/mol. The maximum atomic E-state index is 6.69. The number of anilines is 2. The summed E-state index contributed by atoms with van der Waals surface area (Å²) in [5.41, 5.74) is 13.5. The van der Waals surface area contributed by atoms with Crippen LogP contribution in [0.4, 0.5) is 11.8 Å². The highest BCUT2D eigenvalue weighted by Gasteiger charge is 2.50. The number of rotatable bonds is 3. The fourth-order valence-corrected chi connectivity index (χ4v) is 6.60. The number of piperidine rings is 1. The summed E-state index contributed by atoms with van der Waals surface area (Å²) in [6.07, 6.45) is 11.4. The fraction of sp³-hybridized carbons (Fsp3) is 0.476. The molecule has 31 heavy (non-hydrogen) atoms. The van der Waals surface area contributed by atoms with Gasteiger partial charge in [-0.15, -0.1) is 0 Å². The predicted molar refractivity (Wildman–Crippen MR) is 126 cm³/mol.